The molecule has 1 rings (SSSR count). The van der Waals surface area contributed by atoms with Crippen molar-refractivity contribution >= 4 is 5.91 Å². The van der Waals surface area contributed by atoms with E-state index in [0.717, 1.165) is 25.3 Å². The van der Waals surface area contributed by atoms with E-state index in [2.05, 4.69) is 12.2 Å². The van der Waals surface area contributed by atoms with Gasteiger partial charge in [0.2, 0.25) is 5.91 Å². The van der Waals surface area contributed by atoms with Crippen LogP contribution in [0.15, 0.2) is 18.2 Å². The molecule has 3 nitrogen and oxygen atoms in total. The average molecular weight is 298 g/mol. The molecule has 21 heavy (non-hydrogen) atoms. The summed E-state index contributed by atoms with van der Waals surface area (Å²) in [6.07, 6.45) is 3.67. The molecule has 1 aromatic carbocycles. The highest BCUT2D eigenvalue weighted by Gasteiger charge is 2.09. The third-order valence-corrected chi connectivity index (χ3v) is 3.59. The lowest BCUT2D eigenvalue weighted by molar-refractivity contribution is -0.121. The second-order valence-electron chi connectivity index (χ2n) is 5.27. The minimum absolute atomic E-state index is 0.0256. The number of carbonyl (C=O) groups is 1. The van der Waals surface area contributed by atoms with Crippen molar-refractivity contribution < 1.29 is 13.6 Å². The van der Waals surface area contributed by atoms with Crippen LogP contribution in [-0.2, 0) is 11.2 Å². The van der Waals surface area contributed by atoms with E-state index in [1.54, 1.807) is 0 Å². The Bertz CT molecular complexity index is 432. The molecule has 0 radical (unpaired) electrons. The molecule has 1 atom stereocenters. The molecule has 0 aliphatic rings. The number of benzene rings is 1. The molecule has 0 aliphatic heterocycles. The Morgan fingerprint density at radius 2 is 1.90 bits per heavy atom. The molecule has 5 heteroatoms. The van der Waals surface area contributed by atoms with Gasteiger partial charge < -0.3 is 11.1 Å². The minimum Gasteiger partial charge on any atom is -0.356 e. The van der Waals surface area contributed by atoms with Crippen molar-refractivity contribution in [1.82, 2.24) is 5.32 Å². The van der Waals surface area contributed by atoms with Crippen LogP contribution in [0.1, 0.15) is 38.2 Å². The molecule has 0 bridgehead atoms. The van der Waals surface area contributed by atoms with Crippen molar-refractivity contribution in [2.45, 2.75) is 39.0 Å². The van der Waals surface area contributed by atoms with Crippen molar-refractivity contribution in [2.75, 3.05) is 13.1 Å². The fraction of sp³-hybridized carbons (Fsp3) is 0.562. The molecule has 3 N–H and O–H groups in total. The first-order chi connectivity index (χ1) is 10.0. The van der Waals surface area contributed by atoms with Crippen LogP contribution in [0.2, 0.25) is 0 Å². The third-order valence-electron chi connectivity index (χ3n) is 3.59. The standard InChI is InChI=1S/C16H24F2N2O/c1-2-12(5-7-19)3-4-16(21)20-8-6-13-9-14(17)11-15(18)10-13/h9-12H,2-8,19H2,1H3,(H,20,21). The van der Waals surface area contributed by atoms with Crippen LogP contribution in [0.3, 0.4) is 0 Å². The maximum absolute atomic E-state index is 13.0. The topological polar surface area (TPSA) is 55.1 Å². The number of rotatable bonds is 9. The van der Waals surface area contributed by atoms with Gasteiger partial charge in [-0.05, 0) is 49.4 Å². The van der Waals surface area contributed by atoms with Crippen molar-refractivity contribution in [3.05, 3.63) is 35.4 Å². The summed E-state index contributed by atoms with van der Waals surface area (Å²) in [6, 6.07) is 3.40. The van der Waals surface area contributed by atoms with Gasteiger partial charge in [0.25, 0.3) is 0 Å². The van der Waals surface area contributed by atoms with Gasteiger partial charge in [-0.25, -0.2) is 8.78 Å². The molecule has 0 heterocycles. The summed E-state index contributed by atoms with van der Waals surface area (Å²) in [7, 11) is 0. The van der Waals surface area contributed by atoms with Crippen LogP contribution in [-0.4, -0.2) is 19.0 Å². The maximum Gasteiger partial charge on any atom is 0.220 e. The van der Waals surface area contributed by atoms with E-state index in [-0.39, 0.29) is 5.91 Å². The van der Waals surface area contributed by atoms with Crippen LogP contribution >= 0.6 is 0 Å². The summed E-state index contributed by atoms with van der Waals surface area (Å²) < 4.78 is 26.0. The number of nitrogens with two attached hydrogens (primary N) is 1. The predicted molar refractivity (Wildman–Crippen MR) is 79.8 cm³/mol. The average Bonchev–Trinajstić information content (AvgIpc) is 2.42. The highest BCUT2D eigenvalue weighted by molar-refractivity contribution is 5.75. The van der Waals surface area contributed by atoms with E-state index in [4.69, 9.17) is 5.73 Å². The second-order valence-corrected chi connectivity index (χ2v) is 5.27. The van der Waals surface area contributed by atoms with Crippen molar-refractivity contribution in [1.29, 1.82) is 0 Å². The quantitative estimate of drug-likeness (QED) is 0.736. The van der Waals surface area contributed by atoms with Gasteiger partial charge in [-0.3, -0.25) is 4.79 Å². The van der Waals surface area contributed by atoms with Crippen LogP contribution in [0, 0.1) is 17.6 Å². The van der Waals surface area contributed by atoms with E-state index in [0.29, 0.717) is 37.4 Å². The molecule has 1 aromatic rings. The number of hydrogen-bond donors (Lipinski definition) is 2. The summed E-state index contributed by atoms with van der Waals surface area (Å²) in [5, 5.41) is 2.78. The van der Waals surface area contributed by atoms with Gasteiger partial charge in [0.15, 0.2) is 0 Å². The Labute approximate surface area is 124 Å². The van der Waals surface area contributed by atoms with E-state index >= 15 is 0 Å². The fourth-order valence-corrected chi connectivity index (χ4v) is 2.31. The molecule has 0 spiro atoms. The summed E-state index contributed by atoms with van der Waals surface area (Å²) in [4.78, 5) is 11.7. The minimum atomic E-state index is -0.594. The molecule has 0 saturated heterocycles. The van der Waals surface area contributed by atoms with Crippen molar-refractivity contribution in [2.24, 2.45) is 11.7 Å². The van der Waals surface area contributed by atoms with E-state index in [1.165, 1.54) is 12.1 Å². The Kier molecular flexibility index (Phi) is 7.90. The largest absolute Gasteiger partial charge is 0.356 e. The van der Waals surface area contributed by atoms with Crippen molar-refractivity contribution in [3.63, 3.8) is 0 Å². The zero-order chi connectivity index (χ0) is 15.7. The lowest BCUT2D eigenvalue weighted by Crippen LogP contribution is -2.26. The van der Waals surface area contributed by atoms with Gasteiger partial charge in [-0.2, -0.15) is 0 Å². The number of halogens is 2. The first-order valence-electron chi connectivity index (χ1n) is 7.46. The summed E-state index contributed by atoms with van der Waals surface area (Å²) >= 11 is 0. The van der Waals surface area contributed by atoms with Gasteiger partial charge in [0, 0.05) is 19.0 Å². The Balaban J connectivity index is 2.27. The summed E-state index contributed by atoms with van der Waals surface area (Å²) in [5.74, 6) is -0.729. The highest BCUT2D eigenvalue weighted by atomic mass is 19.1. The van der Waals surface area contributed by atoms with Gasteiger partial charge in [0.1, 0.15) is 11.6 Å². The second kappa shape index (κ2) is 9.45. The Morgan fingerprint density at radius 3 is 2.48 bits per heavy atom. The molecule has 0 saturated carbocycles. The molecule has 0 fully saturated rings. The number of nitrogens with one attached hydrogen (secondary N) is 1. The maximum atomic E-state index is 13.0. The zero-order valence-corrected chi connectivity index (χ0v) is 12.5. The first kappa shape index (κ1) is 17.6. The summed E-state index contributed by atoms with van der Waals surface area (Å²) in [5.41, 5.74) is 6.06. The smallest absolute Gasteiger partial charge is 0.220 e. The van der Waals surface area contributed by atoms with E-state index < -0.39 is 11.6 Å². The molecule has 1 amide bonds. The molecule has 118 valence electrons. The molecule has 0 aliphatic carbocycles. The zero-order valence-electron chi connectivity index (χ0n) is 12.5. The van der Waals surface area contributed by atoms with Gasteiger partial charge in [-0.1, -0.05) is 13.3 Å². The lowest BCUT2D eigenvalue weighted by Gasteiger charge is -2.13. The normalized spacial score (nSPS) is 12.2. The molecule has 1 unspecified atom stereocenters. The van der Waals surface area contributed by atoms with Crippen LogP contribution in [0.5, 0.6) is 0 Å². The summed E-state index contributed by atoms with van der Waals surface area (Å²) in [6.45, 7) is 3.12. The van der Waals surface area contributed by atoms with Crippen molar-refractivity contribution in [3.8, 4) is 0 Å². The third kappa shape index (κ3) is 7.18. The Hall–Kier alpha value is -1.49. The van der Waals surface area contributed by atoms with E-state index in [1.807, 2.05) is 0 Å². The highest BCUT2D eigenvalue weighted by Crippen LogP contribution is 2.14. The predicted octanol–water partition coefficient (Wildman–Crippen LogP) is 2.78. The van der Waals surface area contributed by atoms with Gasteiger partial charge >= 0.3 is 0 Å². The van der Waals surface area contributed by atoms with E-state index in [9.17, 15) is 13.6 Å². The number of hydrogen-bond acceptors (Lipinski definition) is 2. The van der Waals surface area contributed by atoms with Crippen LogP contribution in [0.25, 0.3) is 0 Å². The first-order valence-corrected chi connectivity index (χ1v) is 7.46. The Morgan fingerprint density at radius 1 is 1.24 bits per heavy atom. The lowest BCUT2D eigenvalue weighted by atomic mass is 9.96. The van der Waals surface area contributed by atoms with Gasteiger partial charge in [-0.15, -0.1) is 0 Å². The number of carbonyl (C=O) groups excluding carboxylic acids is 1. The molecular formula is C16H24F2N2O. The SMILES string of the molecule is CCC(CCN)CCC(=O)NCCc1cc(F)cc(F)c1. The van der Waals surface area contributed by atoms with Crippen LogP contribution < -0.4 is 11.1 Å². The monoisotopic (exact) mass is 298 g/mol. The fourth-order valence-electron chi connectivity index (χ4n) is 2.31. The molecule has 0 aromatic heterocycles. The van der Waals surface area contributed by atoms with Crippen LogP contribution in [0.4, 0.5) is 8.78 Å². The van der Waals surface area contributed by atoms with Gasteiger partial charge in [0.05, 0.1) is 0 Å². The number of amides is 1. The molecular weight excluding hydrogens is 274 g/mol.